The highest BCUT2D eigenvalue weighted by molar-refractivity contribution is 5.68. The molecule has 1 aliphatic heterocycles. The van der Waals surface area contributed by atoms with Crippen LogP contribution in [0.1, 0.15) is 12.8 Å². The van der Waals surface area contributed by atoms with Gasteiger partial charge in [0.2, 0.25) is 0 Å². The van der Waals surface area contributed by atoms with E-state index < -0.39 is 0 Å². The van der Waals surface area contributed by atoms with Crippen LogP contribution in [0.5, 0.6) is 0 Å². The maximum atomic E-state index is 3.62. The van der Waals surface area contributed by atoms with Gasteiger partial charge in [-0.3, -0.25) is 0 Å². The molecule has 2 heteroatoms. The van der Waals surface area contributed by atoms with E-state index in [4.69, 9.17) is 0 Å². The van der Waals surface area contributed by atoms with Crippen LogP contribution in [0.3, 0.4) is 0 Å². The van der Waals surface area contributed by atoms with Gasteiger partial charge in [0.25, 0.3) is 6.21 Å². The molecule has 0 saturated carbocycles. The summed E-state index contributed by atoms with van der Waals surface area (Å²) < 4.78 is 0. The second-order valence-electron chi connectivity index (χ2n) is 1.17. The van der Waals surface area contributed by atoms with Crippen LogP contribution in [-0.4, -0.2) is 12.4 Å². The van der Waals surface area contributed by atoms with Crippen LogP contribution < -0.4 is 5.10 Å². The molecule has 2 nitrogen and oxygen atoms in total. The van der Waals surface area contributed by atoms with Crippen molar-refractivity contribution >= 4 is 12.4 Å². The Kier molecular flexibility index (Phi) is 0.998. The minimum Gasteiger partial charge on any atom is -0.00155 e. The van der Waals surface area contributed by atoms with Crippen LogP contribution in [-0.2, 0) is 0 Å². The SMILES string of the molecule is C1=N[N+]=CCC1. The summed E-state index contributed by atoms with van der Waals surface area (Å²) in [5.41, 5.74) is 0. The van der Waals surface area contributed by atoms with Crippen LogP contribution in [0.2, 0.25) is 0 Å². The van der Waals surface area contributed by atoms with Gasteiger partial charge in [0.05, 0.1) is 11.3 Å². The van der Waals surface area contributed by atoms with E-state index in [9.17, 15) is 0 Å². The van der Waals surface area contributed by atoms with Crippen molar-refractivity contribution in [2.45, 2.75) is 12.8 Å². The summed E-state index contributed by atoms with van der Waals surface area (Å²) >= 11 is 0. The van der Waals surface area contributed by atoms with E-state index in [1.54, 1.807) is 0 Å². The number of rotatable bonds is 0. The third kappa shape index (κ3) is 0.641. The molecule has 0 saturated heterocycles. The summed E-state index contributed by atoms with van der Waals surface area (Å²) in [5, 5.41) is 7.24. The Balaban J connectivity index is 2.46. The van der Waals surface area contributed by atoms with E-state index in [1.165, 1.54) is 0 Å². The van der Waals surface area contributed by atoms with E-state index in [1.807, 2.05) is 12.4 Å². The molecule has 0 aromatic carbocycles. The van der Waals surface area contributed by atoms with Gasteiger partial charge >= 0.3 is 0 Å². The van der Waals surface area contributed by atoms with E-state index >= 15 is 0 Å². The third-order valence-electron chi connectivity index (χ3n) is 0.655. The molecule has 0 amide bonds. The highest BCUT2D eigenvalue weighted by atomic mass is 15.2. The molecule has 31 valence electrons. The molecule has 1 radical (unpaired) electrons. The Morgan fingerprint density at radius 1 is 1.50 bits per heavy atom. The van der Waals surface area contributed by atoms with Crippen molar-refractivity contribution in [3.63, 3.8) is 0 Å². The highest BCUT2D eigenvalue weighted by Gasteiger charge is 1.92. The summed E-state index contributed by atoms with van der Waals surface area (Å²) in [6.45, 7) is 0. The lowest BCUT2D eigenvalue weighted by molar-refractivity contribution is 1.01. The predicted octanol–water partition coefficient (Wildman–Crippen LogP) is 0.173. The largest absolute Gasteiger partial charge is 0.255 e. The van der Waals surface area contributed by atoms with Gasteiger partial charge in [0, 0.05) is 6.42 Å². The zero-order valence-electron chi connectivity index (χ0n) is 3.46. The number of hydrogen-bond acceptors (Lipinski definition) is 2. The van der Waals surface area contributed by atoms with Crippen molar-refractivity contribution in [1.82, 2.24) is 5.10 Å². The molecule has 6 heavy (non-hydrogen) atoms. The lowest BCUT2D eigenvalue weighted by Crippen LogP contribution is -1.91. The third-order valence-corrected chi connectivity index (χ3v) is 0.655. The molecule has 1 aliphatic rings. The predicted molar refractivity (Wildman–Crippen MR) is 25.9 cm³/mol. The first-order chi connectivity index (χ1) is 3.00. The van der Waals surface area contributed by atoms with Crippen molar-refractivity contribution in [3.8, 4) is 0 Å². The summed E-state index contributed by atoms with van der Waals surface area (Å²) in [4.78, 5) is 0. The molecule has 0 aromatic rings. The number of hydrogen-bond donors (Lipinski definition) is 0. The summed E-state index contributed by atoms with van der Waals surface area (Å²) in [5.74, 6) is 0. The fraction of sp³-hybridized carbons (Fsp3) is 0.500. The molecule has 0 spiro atoms. The Hall–Kier alpha value is -0.660. The molecule has 0 atom stereocenters. The van der Waals surface area contributed by atoms with Crippen LogP contribution in [0.4, 0.5) is 0 Å². The second kappa shape index (κ2) is 1.70. The molecule has 0 aliphatic carbocycles. The average molecular weight is 82.1 g/mol. The van der Waals surface area contributed by atoms with Crippen molar-refractivity contribution in [3.05, 3.63) is 0 Å². The van der Waals surface area contributed by atoms with Crippen molar-refractivity contribution < 1.29 is 0 Å². The standard InChI is InChI=1S/C4H6N2/c1-2-4-6-5-3-1/h3-4H,1-2H2/q+1. The van der Waals surface area contributed by atoms with Crippen molar-refractivity contribution in [2.75, 3.05) is 0 Å². The molecule has 1 heterocycles. The normalized spacial score (nSPS) is 18.7. The quantitative estimate of drug-likeness (QED) is 0.398. The van der Waals surface area contributed by atoms with Gasteiger partial charge in [-0.15, -0.1) is 0 Å². The topological polar surface area (TPSA) is 26.5 Å². The minimum atomic E-state index is 1.06. The van der Waals surface area contributed by atoms with Gasteiger partial charge in [-0.1, -0.05) is 0 Å². The lowest BCUT2D eigenvalue weighted by atomic mass is 10.3. The Labute approximate surface area is 36.6 Å². The summed E-state index contributed by atoms with van der Waals surface area (Å²) in [6.07, 6.45) is 5.76. The zero-order chi connectivity index (χ0) is 4.24. The molecular weight excluding hydrogens is 76.1 g/mol. The Morgan fingerprint density at radius 3 is 2.67 bits per heavy atom. The maximum absolute atomic E-state index is 3.62. The fourth-order valence-corrected chi connectivity index (χ4v) is 0.359. The van der Waals surface area contributed by atoms with Gasteiger partial charge in [-0.2, -0.15) is 0 Å². The average Bonchev–Trinajstić information content (AvgIpc) is 1.72. The molecular formula is C4H6N2+. The van der Waals surface area contributed by atoms with Gasteiger partial charge in [0.15, 0.2) is 5.10 Å². The second-order valence-corrected chi connectivity index (χ2v) is 1.17. The van der Waals surface area contributed by atoms with Crippen LogP contribution >= 0.6 is 0 Å². The Bertz CT molecular complexity index is 71.5. The van der Waals surface area contributed by atoms with E-state index in [-0.39, 0.29) is 0 Å². The fourth-order valence-electron chi connectivity index (χ4n) is 0.359. The molecule has 0 N–H and O–H groups in total. The van der Waals surface area contributed by atoms with Crippen LogP contribution in [0, 0.1) is 0 Å². The van der Waals surface area contributed by atoms with E-state index in [0.717, 1.165) is 12.8 Å². The summed E-state index contributed by atoms with van der Waals surface area (Å²) in [6, 6.07) is 0. The van der Waals surface area contributed by atoms with Crippen LogP contribution in [0.15, 0.2) is 5.10 Å². The van der Waals surface area contributed by atoms with Gasteiger partial charge < -0.3 is 0 Å². The monoisotopic (exact) mass is 82.1 g/mol. The maximum Gasteiger partial charge on any atom is 0.255 e. The summed E-state index contributed by atoms with van der Waals surface area (Å²) in [7, 11) is 0. The van der Waals surface area contributed by atoms with Crippen molar-refractivity contribution in [1.29, 1.82) is 0 Å². The van der Waals surface area contributed by atoms with Crippen LogP contribution in [0.25, 0.3) is 0 Å². The first-order valence-electron chi connectivity index (χ1n) is 2.03. The lowest BCUT2D eigenvalue weighted by Gasteiger charge is -1.74. The molecule has 0 aromatic heterocycles. The molecule has 1 rings (SSSR count). The first-order valence-corrected chi connectivity index (χ1v) is 2.03. The molecule has 0 unspecified atom stereocenters. The van der Waals surface area contributed by atoms with Gasteiger partial charge in [-0.05, 0) is 6.42 Å². The van der Waals surface area contributed by atoms with Gasteiger partial charge in [-0.25, -0.2) is 0 Å². The van der Waals surface area contributed by atoms with Crippen molar-refractivity contribution in [2.24, 2.45) is 5.10 Å². The smallest absolute Gasteiger partial charge is 0.00155 e. The zero-order valence-corrected chi connectivity index (χ0v) is 3.46. The molecule has 0 bridgehead atoms. The highest BCUT2D eigenvalue weighted by Crippen LogP contribution is 1.80. The minimum absolute atomic E-state index is 1.06. The molecule has 0 fully saturated rings. The van der Waals surface area contributed by atoms with E-state index in [2.05, 4.69) is 10.2 Å². The van der Waals surface area contributed by atoms with Gasteiger partial charge in [0.1, 0.15) is 0 Å². The Morgan fingerprint density at radius 2 is 2.50 bits per heavy atom. The number of nitrogens with zero attached hydrogens (tertiary/aromatic N) is 2. The van der Waals surface area contributed by atoms with E-state index in [0.29, 0.717) is 0 Å². The first kappa shape index (κ1) is 3.53.